The lowest BCUT2D eigenvalue weighted by Crippen LogP contribution is -2.29. The van der Waals surface area contributed by atoms with Gasteiger partial charge in [-0.2, -0.15) is 13.2 Å². The summed E-state index contributed by atoms with van der Waals surface area (Å²) < 4.78 is 39.5. The summed E-state index contributed by atoms with van der Waals surface area (Å²) in [5.41, 5.74) is 0.775. The molecule has 0 aromatic carbocycles. The molecule has 0 bridgehead atoms. The highest BCUT2D eigenvalue weighted by Crippen LogP contribution is 2.13. The van der Waals surface area contributed by atoms with Crippen molar-refractivity contribution in [3.05, 3.63) is 23.8 Å². The van der Waals surface area contributed by atoms with Gasteiger partial charge in [0, 0.05) is 12.7 Å². The summed E-state index contributed by atoms with van der Waals surface area (Å²) in [4.78, 5) is 19.1. The first-order valence-electron chi connectivity index (χ1n) is 5.10. The van der Waals surface area contributed by atoms with Crippen LogP contribution in [-0.4, -0.2) is 41.8 Å². The van der Waals surface area contributed by atoms with E-state index in [1.165, 1.54) is 12.4 Å². The number of carbonyl (C=O) groups is 1. The van der Waals surface area contributed by atoms with Crippen LogP contribution in [0.15, 0.2) is 12.4 Å². The minimum Gasteiger partial charge on any atom is -0.370 e. The Kier molecular flexibility index (Phi) is 5.02. The van der Waals surface area contributed by atoms with Gasteiger partial charge >= 0.3 is 6.18 Å². The van der Waals surface area contributed by atoms with Crippen LogP contribution in [0.1, 0.15) is 16.2 Å². The molecular weight excluding hydrogens is 251 g/mol. The maximum absolute atomic E-state index is 11.7. The van der Waals surface area contributed by atoms with Crippen LogP contribution in [0.2, 0.25) is 0 Å². The van der Waals surface area contributed by atoms with Crippen LogP contribution in [-0.2, 0) is 4.74 Å². The number of carbonyl (C=O) groups excluding carboxylic acids is 1. The molecule has 0 aliphatic heterocycles. The van der Waals surface area contributed by atoms with Crippen molar-refractivity contribution in [2.75, 3.05) is 19.8 Å². The molecule has 1 amide bonds. The first-order chi connectivity index (χ1) is 8.38. The lowest BCUT2D eigenvalue weighted by molar-refractivity contribution is -0.173. The Bertz CT molecular complexity index is 392. The minimum atomic E-state index is -4.35. The van der Waals surface area contributed by atoms with Gasteiger partial charge in [0.2, 0.25) is 0 Å². The predicted molar refractivity (Wildman–Crippen MR) is 56.0 cm³/mol. The molecule has 0 aliphatic rings. The third-order valence-corrected chi connectivity index (χ3v) is 1.81. The maximum Gasteiger partial charge on any atom is 0.411 e. The molecular formula is C10H12F3N3O2. The highest BCUT2D eigenvalue weighted by molar-refractivity contribution is 5.91. The Morgan fingerprint density at radius 1 is 1.39 bits per heavy atom. The molecule has 0 saturated carbocycles. The van der Waals surface area contributed by atoms with Crippen molar-refractivity contribution >= 4 is 5.91 Å². The van der Waals surface area contributed by atoms with Gasteiger partial charge in [-0.05, 0) is 6.92 Å². The molecule has 8 heteroatoms. The number of nitrogens with zero attached hydrogens (tertiary/aromatic N) is 2. The fourth-order valence-electron chi connectivity index (χ4n) is 1.03. The van der Waals surface area contributed by atoms with Crippen LogP contribution < -0.4 is 5.32 Å². The lowest BCUT2D eigenvalue weighted by Gasteiger charge is -2.08. The van der Waals surface area contributed by atoms with Crippen LogP contribution in [0.4, 0.5) is 13.2 Å². The van der Waals surface area contributed by atoms with E-state index in [4.69, 9.17) is 0 Å². The second-order valence-corrected chi connectivity index (χ2v) is 3.47. The van der Waals surface area contributed by atoms with Gasteiger partial charge in [-0.1, -0.05) is 0 Å². The summed E-state index contributed by atoms with van der Waals surface area (Å²) in [6, 6.07) is 0. The van der Waals surface area contributed by atoms with Gasteiger partial charge in [-0.15, -0.1) is 0 Å². The van der Waals surface area contributed by atoms with Crippen LogP contribution in [0.5, 0.6) is 0 Å². The number of aromatic nitrogens is 2. The summed E-state index contributed by atoms with van der Waals surface area (Å²) in [5.74, 6) is -0.502. The van der Waals surface area contributed by atoms with E-state index in [9.17, 15) is 18.0 Å². The fraction of sp³-hybridized carbons (Fsp3) is 0.500. The van der Waals surface area contributed by atoms with Crippen molar-refractivity contribution in [2.45, 2.75) is 13.1 Å². The zero-order valence-electron chi connectivity index (χ0n) is 9.62. The highest BCUT2D eigenvalue weighted by atomic mass is 19.4. The number of amides is 1. The van der Waals surface area contributed by atoms with E-state index in [-0.39, 0.29) is 18.8 Å². The molecule has 0 fully saturated rings. The summed E-state index contributed by atoms with van der Waals surface area (Å²) in [5, 5.41) is 2.37. The maximum atomic E-state index is 11.7. The monoisotopic (exact) mass is 263 g/mol. The third-order valence-electron chi connectivity index (χ3n) is 1.81. The molecule has 0 radical (unpaired) electrons. The molecule has 5 nitrogen and oxygen atoms in total. The van der Waals surface area contributed by atoms with Crippen LogP contribution >= 0.6 is 0 Å². The fourth-order valence-corrected chi connectivity index (χ4v) is 1.03. The Morgan fingerprint density at radius 3 is 2.67 bits per heavy atom. The van der Waals surface area contributed by atoms with E-state index < -0.39 is 18.7 Å². The SMILES string of the molecule is Cc1cnc(C(=O)NCCOCC(F)(F)F)cn1. The van der Waals surface area contributed by atoms with Crippen LogP contribution in [0.25, 0.3) is 0 Å². The Balaban J connectivity index is 2.24. The number of nitrogens with one attached hydrogen (secondary N) is 1. The van der Waals surface area contributed by atoms with Gasteiger partial charge in [0.25, 0.3) is 5.91 Å². The van der Waals surface area contributed by atoms with Gasteiger partial charge in [0.15, 0.2) is 0 Å². The third kappa shape index (κ3) is 5.58. The van der Waals surface area contributed by atoms with Crippen molar-refractivity contribution in [2.24, 2.45) is 0 Å². The number of aryl methyl sites for hydroxylation is 1. The first kappa shape index (κ1) is 14.4. The van der Waals surface area contributed by atoms with E-state index in [0.717, 1.165) is 0 Å². The smallest absolute Gasteiger partial charge is 0.370 e. The molecule has 18 heavy (non-hydrogen) atoms. The van der Waals surface area contributed by atoms with Gasteiger partial charge in [-0.3, -0.25) is 9.78 Å². The number of hydrogen-bond acceptors (Lipinski definition) is 4. The van der Waals surface area contributed by atoms with Crippen molar-refractivity contribution in [1.29, 1.82) is 0 Å². The Morgan fingerprint density at radius 2 is 2.11 bits per heavy atom. The second-order valence-electron chi connectivity index (χ2n) is 3.47. The van der Waals surface area contributed by atoms with Crippen molar-refractivity contribution in [3.8, 4) is 0 Å². The molecule has 0 atom stereocenters. The van der Waals surface area contributed by atoms with Gasteiger partial charge in [0.1, 0.15) is 12.3 Å². The van der Waals surface area contributed by atoms with E-state index in [0.29, 0.717) is 5.69 Å². The summed E-state index contributed by atoms with van der Waals surface area (Å²) >= 11 is 0. The summed E-state index contributed by atoms with van der Waals surface area (Å²) in [6.07, 6.45) is -1.64. The van der Waals surface area contributed by atoms with Gasteiger partial charge in [0.05, 0.1) is 18.5 Å². The molecule has 1 aromatic rings. The van der Waals surface area contributed by atoms with Crippen molar-refractivity contribution < 1.29 is 22.7 Å². The van der Waals surface area contributed by atoms with Crippen molar-refractivity contribution in [3.63, 3.8) is 0 Å². The summed E-state index contributed by atoms with van der Waals surface area (Å²) in [7, 11) is 0. The van der Waals surface area contributed by atoms with E-state index >= 15 is 0 Å². The standard InChI is InChI=1S/C10H12F3N3O2/c1-7-4-16-8(5-15-7)9(17)14-2-3-18-6-10(11,12)13/h4-5H,2-3,6H2,1H3,(H,14,17). The molecule has 1 heterocycles. The lowest BCUT2D eigenvalue weighted by atomic mass is 10.4. The van der Waals surface area contributed by atoms with E-state index in [1.54, 1.807) is 6.92 Å². The highest BCUT2D eigenvalue weighted by Gasteiger charge is 2.27. The van der Waals surface area contributed by atoms with E-state index in [2.05, 4.69) is 20.0 Å². The quantitative estimate of drug-likeness (QED) is 0.808. The summed E-state index contributed by atoms with van der Waals surface area (Å²) in [6.45, 7) is 0.155. The minimum absolute atomic E-state index is 0.0233. The number of halogens is 3. The largest absolute Gasteiger partial charge is 0.411 e. The topological polar surface area (TPSA) is 64.1 Å². The average Bonchev–Trinajstić information content (AvgIpc) is 2.27. The Hall–Kier alpha value is -1.70. The molecule has 0 unspecified atom stereocenters. The number of ether oxygens (including phenoxy) is 1. The van der Waals surface area contributed by atoms with Crippen LogP contribution in [0, 0.1) is 6.92 Å². The average molecular weight is 263 g/mol. The molecule has 1 N–H and O–H groups in total. The molecule has 0 saturated heterocycles. The predicted octanol–water partition coefficient (Wildman–Crippen LogP) is 1.09. The van der Waals surface area contributed by atoms with Gasteiger partial charge in [-0.25, -0.2) is 4.98 Å². The van der Waals surface area contributed by atoms with Crippen molar-refractivity contribution in [1.82, 2.24) is 15.3 Å². The molecule has 1 rings (SSSR count). The second kappa shape index (κ2) is 6.29. The van der Waals surface area contributed by atoms with E-state index in [1.807, 2.05) is 0 Å². The molecule has 0 aliphatic carbocycles. The molecule has 1 aromatic heterocycles. The van der Waals surface area contributed by atoms with Crippen LogP contribution in [0.3, 0.4) is 0 Å². The molecule has 100 valence electrons. The number of hydrogen-bond donors (Lipinski definition) is 1. The normalized spacial score (nSPS) is 11.3. The zero-order valence-corrected chi connectivity index (χ0v) is 9.62. The zero-order chi connectivity index (χ0) is 13.6. The van der Waals surface area contributed by atoms with Gasteiger partial charge < -0.3 is 10.1 Å². The number of alkyl halides is 3. The number of rotatable bonds is 5. The Labute approximate surface area is 101 Å². The first-order valence-corrected chi connectivity index (χ1v) is 5.10. The molecule has 0 spiro atoms.